The van der Waals surface area contributed by atoms with Crippen molar-refractivity contribution in [1.82, 2.24) is 10.3 Å². The average Bonchev–Trinajstić information content (AvgIpc) is 2.88. The van der Waals surface area contributed by atoms with E-state index in [4.69, 9.17) is 17.3 Å². The van der Waals surface area contributed by atoms with Gasteiger partial charge in [0.1, 0.15) is 5.15 Å². The van der Waals surface area contributed by atoms with E-state index in [0.29, 0.717) is 17.8 Å². The number of pyridine rings is 1. The lowest BCUT2D eigenvalue weighted by atomic mass is 10.1. The largest absolute Gasteiger partial charge is 0.397 e. The molecule has 1 aromatic rings. The Labute approximate surface area is 122 Å². The molecule has 1 amide bonds. The van der Waals surface area contributed by atoms with Crippen LogP contribution in [0.1, 0.15) is 36.0 Å². The molecule has 104 valence electrons. The second-order valence-electron chi connectivity index (χ2n) is 4.88. The SMILES string of the molecule is CSC1(CNC(=O)c2cc(N)cnc2Cl)CCCC1. The fourth-order valence-corrected chi connectivity index (χ4v) is 3.54. The third-order valence-electron chi connectivity index (χ3n) is 3.62. The number of nitrogens with zero attached hydrogens (tertiary/aromatic N) is 1. The lowest BCUT2D eigenvalue weighted by Gasteiger charge is -2.26. The Bertz CT molecular complexity index is 475. The maximum Gasteiger partial charge on any atom is 0.254 e. The minimum absolute atomic E-state index is 0.176. The van der Waals surface area contributed by atoms with E-state index in [1.807, 2.05) is 11.8 Å². The Morgan fingerprint density at radius 1 is 1.58 bits per heavy atom. The van der Waals surface area contributed by atoms with Gasteiger partial charge in [0.15, 0.2) is 0 Å². The summed E-state index contributed by atoms with van der Waals surface area (Å²) in [6, 6.07) is 1.56. The first kappa shape index (κ1) is 14.5. The standard InChI is InChI=1S/C13H18ClN3OS/c1-19-13(4-2-3-5-13)8-17-12(18)10-6-9(15)7-16-11(10)14/h6-7H,2-5,8,15H2,1H3,(H,17,18). The number of thioether (sulfide) groups is 1. The molecule has 2 rings (SSSR count). The highest BCUT2D eigenvalue weighted by Gasteiger charge is 2.33. The molecule has 1 aromatic heterocycles. The summed E-state index contributed by atoms with van der Waals surface area (Å²) in [5, 5.41) is 3.15. The number of amides is 1. The van der Waals surface area contributed by atoms with E-state index in [9.17, 15) is 4.79 Å². The van der Waals surface area contributed by atoms with Crippen LogP contribution in [-0.2, 0) is 0 Å². The van der Waals surface area contributed by atoms with Gasteiger partial charge in [-0.2, -0.15) is 11.8 Å². The first-order chi connectivity index (χ1) is 9.06. The molecule has 0 unspecified atom stereocenters. The Balaban J connectivity index is 2.03. The summed E-state index contributed by atoms with van der Waals surface area (Å²) in [5.74, 6) is -0.204. The van der Waals surface area contributed by atoms with Gasteiger partial charge >= 0.3 is 0 Å². The number of aromatic nitrogens is 1. The number of halogens is 1. The van der Waals surface area contributed by atoms with Crippen molar-refractivity contribution in [2.24, 2.45) is 0 Å². The summed E-state index contributed by atoms with van der Waals surface area (Å²) in [6.45, 7) is 0.665. The van der Waals surface area contributed by atoms with Gasteiger partial charge in [-0.05, 0) is 25.2 Å². The second kappa shape index (κ2) is 6.01. The smallest absolute Gasteiger partial charge is 0.254 e. The summed E-state index contributed by atoms with van der Waals surface area (Å²) in [7, 11) is 0. The summed E-state index contributed by atoms with van der Waals surface area (Å²) < 4.78 is 0.176. The van der Waals surface area contributed by atoms with E-state index >= 15 is 0 Å². The van der Waals surface area contributed by atoms with Crippen LogP contribution in [0.5, 0.6) is 0 Å². The molecule has 0 saturated heterocycles. The number of hydrogen-bond donors (Lipinski definition) is 2. The van der Waals surface area contributed by atoms with Crippen LogP contribution < -0.4 is 11.1 Å². The molecule has 6 heteroatoms. The summed E-state index contributed by atoms with van der Waals surface area (Å²) in [5.41, 5.74) is 6.41. The van der Waals surface area contributed by atoms with Gasteiger partial charge in [-0.25, -0.2) is 4.98 Å². The number of hydrogen-bond acceptors (Lipinski definition) is 4. The quantitative estimate of drug-likeness (QED) is 0.839. The van der Waals surface area contributed by atoms with E-state index in [0.717, 1.165) is 12.8 Å². The van der Waals surface area contributed by atoms with Crippen molar-refractivity contribution in [1.29, 1.82) is 0 Å². The van der Waals surface area contributed by atoms with E-state index in [1.165, 1.54) is 19.0 Å². The number of carbonyl (C=O) groups excluding carboxylic acids is 1. The molecule has 19 heavy (non-hydrogen) atoms. The van der Waals surface area contributed by atoms with Crippen molar-refractivity contribution in [2.75, 3.05) is 18.5 Å². The Hall–Kier alpha value is -0.940. The molecule has 0 bridgehead atoms. The molecular formula is C13H18ClN3OS. The normalized spacial score (nSPS) is 17.4. The van der Waals surface area contributed by atoms with Crippen LogP contribution in [0.15, 0.2) is 12.3 Å². The van der Waals surface area contributed by atoms with E-state index in [-0.39, 0.29) is 15.8 Å². The third-order valence-corrected chi connectivity index (χ3v) is 5.34. The van der Waals surface area contributed by atoms with Crippen molar-refractivity contribution in [3.05, 3.63) is 23.0 Å². The fraction of sp³-hybridized carbons (Fsp3) is 0.538. The molecule has 1 fully saturated rings. The zero-order valence-corrected chi connectivity index (χ0v) is 12.5. The van der Waals surface area contributed by atoms with Gasteiger partial charge in [0.25, 0.3) is 5.91 Å². The first-order valence-electron chi connectivity index (χ1n) is 6.31. The van der Waals surface area contributed by atoms with Crippen LogP contribution >= 0.6 is 23.4 Å². The number of nitrogen functional groups attached to an aromatic ring is 1. The minimum atomic E-state index is -0.204. The van der Waals surface area contributed by atoms with Crippen LogP contribution in [0.4, 0.5) is 5.69 Å². The summed E-state index contributed by atoms with van der Waals surface area (Å²) >= 11 is 7.76. The predicted octanol–water partition coefficient (Wildman–Crippen LogP) is 2.72. The molecule has 1 aliphatic carbocycles. The summed E-state index contributed by atoms with van der Waals surface area (Å²) in [4.78, 5) is 16.0. The molecule has 4 nitrogen and oxygen atoms in total. The van der Waals surface area contributed by atoms with Crippen LogP contribution in [0, 0.1) is 0 Å². The van der Waals surface area contributed by atoms with Gasteiger partial charge < -0.3 is 11.1 Å². The zero-order chi connectivity index (χ0) is 13.9. The van der Waals surface area contributed by atoms with Crippen molar-refractivity contribution in [3.8, 4) is 0 Å². The van der Waals surface area contributed by atoms with Crippen molar-refractivity contribution in [2.45, 2.75) is 30.4 Å². The average molecular weight is 300 g/mol. The molecule has 1 aliphatic rings. The van der Waals surface area contributed by atoms with Gasteiger partial charge in [0, 0.05) is 11.3 Å². The maximum absolute atomic E-state index is 12.1. The van der Waals surface area contributed by atoms with Crippen LogP contribution in [0.25, 0.3) is 0 Å². The zero-order valence-electron chi connectivity index (χ0n) is 10.9. The molecule has 0 spiro atoms. The van der Waals surface area contributed by atoms with Crippen LogP contribution in [-0.4, -0.2) is 28.4 Å². The molecular weight excluding hydrogens is 282 g/mol. The summed E-state index contributed by atoms with van der Waals surface area (Å²) in [6.07, 6.45) is 8.31. The number of nitrogens with two attached hydrogens (primary N) is 1. The molecule has 1 heterocycles. The first-order valence-corrected chi connectivity index (χ1v) is 7.91. The minimum Gasteiger partial charge on any atom is -0.397 e. The third kappa shape index (κ3) is 3.34. The molecule has 0 aromatic carbocycles. The van der Waals surface area contributed by atoms with Crippen molar-refractivity contribution >= 4 is 35.0 Å². The highest BCUT2D eigenvalue weighted by atomic mass is 35.5. The van der Waals surface area contributed by atoms with Gasteiger partial charge in [-0.1, -0.05) is 24.4 Å². The Kier molecular flexibility index (Phi) is 4.58. The van der Waals surface area contributed by atoms with E-state index < -0.39 is 0 Å². The van der Waals surface area contributed by atoms with E-state index in [2.05, 4.69) is 16.6 Å². The molecule has 0 radical (unpaired) electrons. The van der Waals surface area contributed by atoms with E-state index in [1.54, 1.807) is 6.07 Å². The second-order valence-corrected chi connectivity index (χ2v) is 6.52. The van der Waals surface area contributed by atoms with Crippen LogP contribution in [0.3, 0.4) is 0 Å². The van der Waals surface area contributed by atoms with Gasteiger partial charge in [-0.15, -0.1) is 0 Å². The number of carbonyl (C=O) groups is 1. The highest BCUT2D eigenvalue weighted by molar-refractivity contribution is 8.00. The number of nitrogens with one attached hydrogen (secondary N) is 1. The molecule has 0 atom stereocenters. The highest BCUT2D eigenvalue weighted by Crippen LogP contribution is 2.39. The van der Waals surface area contributed by atoms with Crippen LogP contribution in [0.2, 0.25) is 5.15 Å². The van der Waals surface area contributed by atoms with Crippen molar-refractivity contribution < 1.29 is 4.79 Å². The number of rotatable bonds is 4. The lowest BCUT2D eigenvalue weighted by Crippen LogP contribution is -2.38. The van der Waals surface area contributed by atoms with Gasteiger partial charge in [-0.3, -0.25) is 4.79 Å². The molecule has 3 N–H and O–H groups in total. The monoisotopic (exact) mass is 299 g/mol. The lowest BCUT2D eigenvalue weighted by molar-refractivity contribution is 0.0949. The molecule has 0 aliphatic heterocycles. The maximum atomic E-state index is 12.1. The predicted molar refractivity (Wildman–Crippen MR) is 80.7 cm³/mol. The Morgan fingerprint density at radius 2 is 2.26 bits per heavy atom. The topological polar surface area (TPSA) is 68.0 Å². The van der Waals surface area contributed by atoms with Gasteiger partial charge in [0.05, 0.1) is 17.4 Å². The van der Waals surface area contributed by atoms with Crippen molar-refractivity contribution in [3.63, 3.8) is 0 Å². The molecule has 1 saturated carbocycles. The fourth-order valence-electron chi connectivity index (χ4n) is 2.43. The Morgan fingerprint density at radius 3 is 2.89 bits per heavy atom. The van der Waals surface area contributed by atoms with Gasteiger partial charge in [0.2, 0.25) is 0 Å². The number of anilines is 1.